The molecule has 154 valence electrons. The van der Waals surface area contributed by atoms with Crippen LogP contribution in [0.1, 0.15) is 41.0 Å². The van der Waals surface area contributed by atoms with Gasteiger partial charge in [-0.3, -0.25) is 14.4 Å². The fourth-order valence-electron chi connectivity index (χ4n) is 2.57. The van der Waals surface area contributed by atoms with Gasteiger partial charge in [-0.1, -0.05) is 0 Å². The van der Waals surface area contributed by atoms with Crippen LogP contribution in [0.5, 0.6) is 0 Å². The molecule has 1 aromatic carbocycles. The van der Waals surface area contributed by atoms with Crippen molar-refractivity contribution in [3.05, 3.63) is 47.3 Å². The van der Waals surface area contributed by atoms with Gasteiger partial charge in [0.15, 0.2) is 0 Å². The van der Waals surface area contributed by atoms with Gasteiger partial charge in [0.05, 0.1) is 6.42 Å². The highest BCUT2D eigenvalue weighted by Gasteiger charge is 2.07. The Hall–Kier alpha value is -3.49. The number of anilines is 2. The van der Waals surface area contributed by atoms with Crippen LogP contribution in [0.3, 0.4) is 0 Å². The van der Waals surface area contributed by atoms with E-state index in [0.717, 1.165) is 11.4 Å². The average Bonchev–Trinajstić information content (AvgIpc) is 2.64. The molecule has 1 heterocycles. The maximum absolute atomic E-state index is 12.1. The summed E-state index contributed by atoms with van der Waals surface area (Å²) in [6.07, 6.45) is 0.811. The van der Waals surface area contributed by atoms with Crippen molar-refractivity contribution < 1.29 is 19.5 Å². The lowest BCUT2D eigenvalue weighted by Crippen LogP contribution is -2.25. The van der Waals surface area contributed by atoms with E-state index < -0.39 is 5.97 Å². The summed E-state index contributed by atoms with van der Waals surface area (Å²) in [5.41, 5.74) is 2.75. The molecule has 1 aromatic heterocycles. The van der Waals surface area contributed by atoms with Gasteiger partial charge in [-0.05, 0) is 50.6 Å². The first-order valence-electron chi connectivity index (χ1n) is 9.29. The second-order valence-electron chi connectivity index (χ2n) is 6.53. The second kappa shape index (κ2) is 10.7. The number of amides is 2. The predicted octanol–water partition coefficient (Wildman–Crippen LogP) is 2.13. The van der Waals surface area contributed by atoms with Crippen molar-refractivity contribution in [1.82, 2.24) is 15.3 Å². The molecule has 2 amide bonds. The molecule has 0 unspecified atom stereocenters. The number of hydrogen-bond donors (Lipinski definition) is 4. The molecule has 0 saturated heterocycles. The number of rotatable bonds is 10. The molecule has 0 aliphatic rings. The molecule has 29 heavy (non-hydrogen) atoms. The van der Waals surface area contributed by atoms with Crippen molar-refractivity contribution >= 4 is 29.4 Å². The van der Waals surface area contributed by atoms with Gasteiger partial charge in [-0.25, -0.2) is 9.97 Å². The first kappa shape index (κ1) is 21.8. The molecule has 0 bridgehead atoms. The van der Waals surface area contributed by atoms with Gasteiger partial charge in [0, 0.05) is 42.1 Å². The first-order valence-corrected chi connectivity index (χ1v) is 9.29. The monoisotopic (exact) mass is 399 g/mol. The highest BCUT2D eigenvalue weighted by Crippen LogP contribution is 2.11. The second-order valence-corrected chi connectivity index (χ2v) is 6.53. The molecular formula is C20H25N5O4. The number of aromatic nitrogens is 2. The smallest absolute Gasteiger partial charge is 0.305 e. The molecule has 0 radical (unpaired) electrons. The van der Waals surface area contributed by atoms with Crippen molar-refractivity contribution in [2.24, 2.45) is 0 Å². The molecular weight excluding hydrogens is 374 g/mol. The van der Waals surface area contributed by atoms with Crippen molar-refractivity contribution in [2.45, 2.75) is 33.1 Å². The number of carbonyl (C=O) groups is 3. The van der Waals surface area contributed by atoms with E-state index in [1.54, 1.807) is 24.3 Å². The number of nitrogens with zero attached hydrogens (tertiary/aromatic N) is 2. The van der Waals surface area contributed by atoms with E-state index in [9.17, 15) is 14.4 Å². The molecule has 0 fully saturated rings. The lowest BCUT2D eigenvalue weighted by atomic mass is 10.2. The minimum atomic E-state index is -0.972. The van der Waals surface area contributed by atoms with Crippen molar-refractivity contribution in [3.8, 4) is 0 Å². The van der Waals surface area contributed by atoms with Crippen LogP contribution in [0, 0.1) is 13.8 Å². The highest BCUT2D eigenvalue weighted by atomic mass is 16.4. The molecule has 2 aromatic rings. The SMILES string of the molecule is Cc1cc(C)nc(NCCCC(=O)Nc2ccc(C(=O)NCCC(=O)O)cc2)n1. The van der Waals surface area contributed by atoms with E-state index in [1.165, 1.54) is 0 Å². The summed E-state index contributed by atoms with van der Waals surface area (Å²) in [7, 11) is 0. The van der Waals surface area contributed by atoms with Gasteiger partial charge in [-0.2, -0.15) is 0 Å². The van der Waals surface area contributed by atoms with Gasteiger partial charge in [0.2, 0.25) is 11.9 Å². The third kappa shape index (κ3) is 7.96. The summed E-state index contributed by atoms with van der Waals surface area (Å²) < 4.78 is 0. The summed E-state index contributed by atoms with van der Waals surface area (Å²) in [4.78, 5) is 43.0. The van der Waals surface area contributed by atoms with Crippen LogP contribution in [0.2, 0.25) is 0 Å². The Labute approximate surface area is 169 Å². The average molecular weight is 399 g/mol. The number of carbonyl (C=O) groups excluding carboxylic acids is 2. The zero-order chi connectivity index (χ0) is 21.2. The Morgan fingerprint density at radius 1 is 0.966 bits per heavy atom. The van der Waals surface area contributed by atoms with E-state index in [4.69, 9.17) is 5.11 Å². The molecule has 0 aliphatic heterocycles. The summed E-state index contributed by atoms with van der Waals surface area (Å²) in [5, 5.41) is 17.0. The highest BCUT2D eigenvalue weighted by molar-refractivity contribution is 5.95. The maximum Gasteiger partial charge on any atom is 0.305 e. The Kier molecular flexibility index (Phi) is 8.08. The fraction of sp³-hybridized carbons (Fsp3) is 0.350. The van der Waals surface area contributed by atoms with E-state index >= 15 is 0 Å². The Morgan fingerprint density at radius 3 is 2.24 bits per heavy atom. The quantitative estimate of drug-likeness (QED) is 0.450. The number of nitrogens with one attached hydrogen (secondary N) is 3. The van der Waals surface area contributed by atoms with Crippen LogP contribution < -0.4 is 16.0 Å². The van der Waals surface area contributed by atoms with Crippen LogP contribution in [0.25, 0.3) is 0 Å². The summed E-state index contributed by atoms with van der Waals surface area (Å²) in [5.74, 6) is -0.907. The van der Waals surface area contributed by atoms with E-state index in [0.29, 0.717) is 36.6 Å². The Morgan fingerprint density at radius 2 is 1.62 bits per heavy atom. The van der Waals surface area contributed by atoms with Crippen molar-refractivity contribution in [2.75, 3.05) is 23.7 Å². The summed E-state index contributed by atoms with van der Waals surface area (Å²) in [6.45, 7) is 4.44. The van der Waals surface area contributed by atoms with Crippen LogP contribution >= 0.6 is 0 Å². The molecule has 0 atom stereocenters. The molecule has 0 saturated carbocycles. The molecule has 4 N–H and O–H groups in total. The zero-order valence-corrected chi connectivity index (χ0v) is 16.5. The normalized spacial score (nSPS) is 10.3. The van der Waals surface area contributed by atoms with E-state index in [2.05, 4.69) is 25.9 Å². The van der Waals surface area contributed by atoms with Crippen molar-refractivity contribution in [3.63, 3.8) is 0 Å². The summed E-state index contributed by atoms with van der Waals surface area (Å²) >= 11 is 0. The third-order valence-corrected chi connectivity index (χ3v) is 3.90. The van der Waals surface area contributed by atoms with Crippen LogP contribution in [0.4, 0.5) is 11.6 Å². The first-order chi connectivity index (χ1) is 13.8. The van der Waals surface area contributed by atoms with E-state index in [-0.39, 0.29) is 24.8 Å². The molecule has 0 spiro atoms. The minimum Gasteiger partial charge on any atom is -0.481 e. The lowest BCUT2D eigenvalue weighted by molar-refractivity contribution is -0.136. The Balaban J connectivity index is 1.71. The third-order valence-electron chi connectivity index (χ3n) is 3.90. The molecule has 9 nitrogen and oxygen atoms in total. The van der Waals surface area contributed by atoms with Gasteiger partial charge in [-0.15, -0.1) is 0 Å². The number of carboxylic acid groups (broad SMARTS) is 1. The van der Waals surface area contributed by atoms with Gasteiger partial charge in [0.25, 0.3) is 5.91 Å². The lowest BCUT2D eigenvalue weighted by Gasteiger charge is -2.08. The minimum absolute atomic E-state index is 0.0633. The molecule has 0 aliphatic carbocycles. The van der Waals surface area contributed by atoms with Crippen LogP contribution in [0.15, 0.2) is 30.3 Å². The van der Waals surface area contributed by atoms with E-state index in [1.807, 2.05) is 19.9 Å². The number of benzene rings is 1. The molecule has 9 heteroatoms. The van der Waals surface area contributed by atoms with Crippen molar-refractivity contribution in [1.29, 1.82) is 0 Å². The van der Waals surface area contributed by atoms with Gasteiger partial charge in [0.1, 0.15) is 0 Å². The van der Waals surface area contributed by atoms with Gasteiger partial charge < -0.3 is 21.1 Å². The summed E-state index contributed by atoms with van der Waals surface area (Å²) in [6, 6.07) is 8.30. The Bertz CT molecular complexity index is 847. The number of aryl methyl sites for hydroxylation is 2. The number of hydrogen-bond acceptors (Lipinski definition) is 6. The fourth-order valence-corrected chi connectivity index (χ4v) is 2.57. The standard InChI is InChI=1S/C20H25N5O4/c1-13-12-14(2)24-20(23-13)22-10-3-4-17(26)25-16-7-5-15(6-8-16)19(29)21-11-9-18(27)28/h5-8,12H,3-4,9-11H2,1-2H3,(H,21,29)(H,25,26)(H,27,28)(H,22,23,24). The maximum atomic E-state index is 12.1. The largest absolute Gasteiger partial charge is 0.481 e. The predicted molar refractivity (Wildman–Crippen MR) is 109 cm³/mol. The number of aliphatic carboxylic acids is 1. The van der Waals surface area contributed by atoms with Gasteiger partial charge >= 0.3 is 5.97 Å². The number of carboxylic acids is 1. The molecule has 2 rings (SSSR count). The zero-order valence-electron chi connectivity index (χ0n) is 16.5. The van der Waals surface area contributed by atoms with Crippen LogP contribution in [-0.2, 0) is 9.59 Å². The topological polar surface area (TPSA) is 133 Å². The van der Waals surface area contributed by atoms with Crippen LogP contribution in [-0.4, -0.2) is 45.9 Å².